The topological polar surface area (TPSA) is 87.5 Å². The van der Waals surface area contributed by atoms with Crippen LogP contribution in [0.4, 0.5) is 30.8 Å². The van der Waals surface area contributed by atoms with Crippen LogP contribution in [0.1, 0.15) is 11.1 Å². The van der Waals surface area contributed by atoms with Crippen LogP contribution in [0.3, 0.4) is 0 Å². The minimum Gasteiger partial charge on any atom is -0.352 e. The second-order valence-corrected chi connectivity index (χ2v) is 8.43. The van der Waals surface area contributed by atoms with E-state index in [1.54, 1.807) is 36.8 Å². The molecule has 0 saturated carbocycles. The summed E-state index contributed by atoms with van der Waals surface area (Å²) >= 11 is 0. The molecule has 186 valence electrons. The van der Waals surface area contributed by atoms with Gasteiger partial charge in [0, 0.05) is 55.8 Å². The van der Waals surface area contributed by atoms with Gasteiger partial charge in [0.05, 0.1) is 11.4 Å². The fourth-order valence-electron chi connectivity index (χ4n) is 3.94. The minimum atomic E-state index is -0.757. The van der Waals surface area contributed by atoms with Gasteiger partial charge in [0.25, 0.3) is 0 Å². The molecule has 0 unspecified atom stereocenters. The molecule has 10 heteroatoms. The van der Waals surface area contributed by atoms with Crippen molar-refractivity contribution in [3.05, 3.63) is 103 Å². The first-order valence-corrected chi connectivity index (χ1v) is 11.5. The Labute approximate surface area is 211 Å². The van der Waals surface area contributed by atoms with E-state index in [0.29, 0.717) is 29.4 Å². The third-order valence-corrected chi connectivity index (χ3v) is 5.74. The van der Waals surface area contributed by atoms with Crippen molar-refractivity contribution in [3.8, 4) is 11.3 Å². The van der Waals surface area contributed by atoms with E-state index in [4.69, 9.17) is 4.98 Å². The molecule has 0 atom stereocenters. The van der Waals surface area contributed by atoms with Crippen LogP contribution in [0.25, 0.3) is 16.9 Å². The van der Waals surface area contributed by atoms with Gasteiger partial charge < -0.3 is 19.9 Å². The van der Waals surface area contributed by atoms with E-state index in [1.165, 1.54) is 12.1 Å². The Balaban J connectivity index is 1.39. The normalized spacial score (nSPS) is 10.9. The summed E-state index contributed by atoms with van der Waals surface area (Å²) in [6.45, 7) is -0.143. The molecule has 0 aliphatic carbocycles. The van der Waals surface area contributed by atoms with Gasteiger partial charge in [-0.3, -0.25) is 4.98 Å². The summed E-state index contributed by atoms with van der Waals surface area (Å²) in [4.78, 5) is 27.9. The van der Waals surface area contributed by atoms with Gasteiger partial charge >= 0.3 is 6.03 Å². The standard InChI is InChI=1S/C27H23F2N7O/c1-35(16-18-7-9-30-10-8-18)26-25-31-11-12-36(25)17-24(33-26)20-3-2-4-21(14-20)32-27(37)34-23-13-19(15-28)5-6-22(23)29/h2-14,17H,15-16H2,1H3,(H2,32,34,37). The van der Waals surface area contributed by atoms with Crippen LogP contribution in [-0.4, -0.2) is 32.4 Å². The summed E-state index contributed by atoms with van der Waals surface area (Å²) in [7, 11) is 1.95. The number of hydrogen-bond acceptors (Lipinski definition) is 5. The predicted octanol–water partition coefficient (Wildman–Crippen LogP) is 5.68. The number of alkyl halides is 1. The molecule has 0 saturated heterocycles. The molecule has 8 nitrogen and oxygen atoms in total. The van der Waals surface area contributed by atoms with Crippen molar-refractivity contribution in [1.29, 1.82) is 0 Å². The lowest BCUT2D eigenvalue weighted by Crippen LogP contribution is -2.20. The molecule has 5 rings (SSSR count). The molecule has 0 bridgehead atoms. The third kappa shape index (κ3) is 5.37. The number of anilines is 3. The summed E-state index contributed by atoms with van der Waals surface area (Å²) in [6, 6.07) is 14.1. The Bertz CT molecular complexity index is 1560. The zero-order valence-corrected chi connectivity index (χ0v) is 19.9. The fourth-order valence-corrected chi connectivity index (χ4v) is 3.94. The number of carbonyl (C=O) groups is 1. The second-order valence-electron chi connectivity index (χ2n) is 8.43. The highest BCUT2D eigenvalue weighted by Gasteiger charge is 2.15. The number of amides is 2. The number of benzene rings is 2. The van der Waals surface area contributed by atoms with Gasteiger partial charge in [-0.15, -0.1) is 0 Å². The van der Waals surface area contributed by atoms with Gasteiger partial charge in [0.2, 0.25) is 0 Å². The Hall–Kier alpha value is -4.86. The zero-order chi connectivity index (χ0) is 25.8. The number of nitrogens with one attached hydrogen (secondary N) is 2. The maximum absolute atomic E-state index is 14.0. The van der Waals surface area contributed by atoms with Crippen LogP contribution in [0.2, 0.25) is 0 Å². The van der Waals surface area contributed by atoms with Crippen molar-refractivity contribution in [2.45, 2.75) is 13.2 Å². The van der Waals surface area contributed by atoms with E-state index >= 15 is 0 Å². The average molecular weight is 500 g/mol. The number of imidazole rings is 1. The van der Waals surface area contributed by atoms with Crippen molar-refractivity contribution in [3.63, 3.8) is 0 Å². The zero-order valence-electron chi connectivity index (χ0n) is 19.9. The van der Waals surface area contributed by atoms with Crippen molar-refractivity contribution in [2.75, 3.05) is 22.6 Å². The third-order valence-electron chi connectivity index (χ3n) is 5.74. The van der Waals surface area contributed by atoms with Crippen LogP contribution in [0.15, 0.2) is 85.6 Å². The summed E-state index contributed by atoms with van der Waals surface area (Å²) < 4.78 is 28.9. The molecule has 5 aromatic rings. The largest absolute Gasteiger partial charge is 0.352 e. The van der Waals surface area contributed by atoms with Gasteiger partial charge in [0.15, 0.2) is 11.5 Å². The molecular formula is C27H23F2N7O. The Kier molecular flexibility index (Phi) is 6.71. The van der Waals surface area contributed by atoms with Crippen molar-refractivity contribution in [1.82, 2.24) is 19.4 Å². The molecule has 0 spiro atoms. The molecule has 2 amide bonds. The average Bonchev–Trinajstić information content (AvgIpc) is 3.39. The Morgan fingerprint density at radius 1 is 1.03 bits per heavy atom. The lowest BCUT2D eigenvalue weighted by Gasteiger charge is -2.20. The molecule has 2 aromatic carbocycles. The molecule has 3 heterocycles. The quantitative estimate of drug-likeness (QED) is 0.301. The summed E-state index contributed by atoms with van der Waals surface area (Å²) in [5.41, 5.74) is 3.88. The molecule has 0 fully saturated rings. The Morgan fingerprint density at radius 3 is 2.68 bits per heavy atom. The number of urea groups is 1. The number of nitrogens with zero attached hydrogens (tertiary/aromatic N) is 5. The first kappa shape index (κ1) is 23.9. The fraction of sp³-hybridized carbons (Fsp3) is 0.111. The highest BCUT2D eigenvalue weighted by Crippen LogP contribution is 2.27. The molecule has 2 N–H and O–H groups in total. The lowest BCUT2D eigenvalue weighted by molar-refractivity contribution is 0.262. The SMILES string of the molecule is CN(Cc1ccncc1)c1nc(-c2cccc(NC(=O)Nc3cc(CF)ccc3F)c2)cn2ccnc12. The molecule has 0 aliphatic rings. The van der Waals surface area contributed by atoms with Gasteiger partial charge in [-0.2, -0.15) is 0 Å². The smallest absolute Gasteiger partial charge is 0.323 e. The summed E-state index contributed by atoms with van der Waals surface area (Å²) in [5.74, 6) is 0.0426. The number of carbonyl (C=O) groups excluding carboxylic acids is 1. The monoisotopic (exact) mass is 499 g/mol. The highest BCUT2D eigenvalue weighted by molar-refractivity contribution is 6.00. The van der Waals surface area contributed by atoms with Gasteiger partial charge in [-0.25, -0.2) is 23.5 Å². The first-order valence-electron chi connectivity index (χ1n) is 11.5. The highest BCUT2D eigenvalue weighted by atomic mass is 19.1. The van der Waals surface area contributed by atoms with E-state index in [0.717, 1.165) is 17.2 Å². The van der Waals surface area contributed by atoms with Crippen molar-refractivity contribution < 1.29 is 13.6 Å². The molecule has 0 radical (unpaired) electrons. The molecule has 37 heavy (non-hydrogen) atoms. The summed E-state index contributed by atoms with van der Waals surface area (Å²) in [6.07, 6.45) is 8.92. The molecular weight excluding hydrogens is 476 g/mol. The number of pyridine rings is 1. The maximum Gasteiger partial charge on any atom is 0.323 e. The van der Waals surface area contributed by atoms with Crippen LogP contribution < -0.4 is 15.5 Å². The lowest BCUT2D eigenvalue weighted by atomic mass is 10.1. The van der Waals surface area contributed by atoms with E-state index in [2.05, 4.69) is 20.6 Å². The van der Waals surface area contributed by atoms with Crippen LogP contribution >= 0.6 is 0 Å². The van der Waals surface area contributed by atoms with Gasteiger partial charge in [-0.1, -0.05) is 18.2 Å². The number of rotatable bonds is 7. The van der Waals surface area contributed by atoms with Gasteiger partial charge in [-0.05, 0) is 47.5 Å². The van der Waals surface area contributed by atoms with E-state index in [1.807, 2.05) is 46.9 Å². The Morgan fingerprint density at radius 2 is 1.86 bits per heavy atom. The van der Waals surface area contributed by atoms with Crippen molar-refractivity contribution in [2.24, 2.45) is 0 Å². The maximum atomic E-state index is 14.0. The minimum absolute atomic E-state index is 0.0992. The van der Waals surface area contributed by atoms with Crippen LogP contribution in [0.5, 0.6) is 0 Å². The molecule has 0 aliphatic heterocycles. The van der Waals surface area contributed by atoms with Crippen molar-refractivity contribution >= 4 is 28.9 Å². The van der Waals surface area contributed by atoms with E-state index < -0.39 is 18.5 Å². The van der Waals surface area contributed by atoms with Crippen LogP contribution in [-0.2, 0) is 13.2 Å². The number of fused-ring (bicyclic) bond motifs is 1. The van der Waals surface area contributed by atoms with Gasteiger partial charge in [0.1, 0.15) is 12.5 Å². The second kappa shape index (κ2) is 10.4. The molecule has 3 aromatic heterocycles. The number of halogens is 2. The predicted molar refractivity (Wildman–Crippen MR) is 139 cm³/mol. The van der Waals surface area contributed by atoms with E-state index in [-0.39, 0.29) is 11.3 Å². The number of aromatic nitrogens is 4. The summed E-state index contributed by atoms with van der Waals surface area (Å²) in [5, 5.41) is 5.12. The van der Waals surface area contributed by atoms with E-state index in [9.17, 15) is 13.6 Å². The number of hydrogen-bond donors (Lipinski definition) is 2. The first-order chi connectivity index (χ1) is 18.0. The van der Waals surface area contributed by atoms with Crippen LogP contribution in [0, 0.1) is 5.82 Å².